The number of hydrogen-bond donors (Lipinski definition) is 1. The van der Waals surface area contributed by atoms with Gasteiger partial charge in [-0.1, -0.05) is 6.92 Å². The molecule has 0 amide bonds. The lowest BCUT2D eigenvalue weighted by Gasteiger charge is -2.03. The Hall–Kier alpha value is -0.990. The third-order valence-electron chi connectivity index (χ3n) is 2.01. The van der Waals surface area contributed by atoms with E-state index in [9.17, 15) is 0 Å². The fourth-order valence-corrected chi connectivity index (χ4v) is 1.18. The van der Waals surface area contributed by atoms with E-state index in [1.54, 1.807) is 0 Å². The number of hydrogen-bond acceptors (Lipinski definition) is 2. The van der Waals surface area contributed by atoms with Crippen molar-refractivity contribution in [1.29, 1.82) is 0 Å². The lowest BCUT2D eigenvalue weighted by atomic mass is 10.3. The Morgan fingerprint density at radius 1 is 1.54 bits per heavy atom. The normalized spacial score (nSPS) is 10.8. The molecule has 3 heteroatoms. The summed E-state index contributed by atoms with van der Waals surface area (Å²) in [6.07, 6.45) is 3.22. The molecule has 0 fully saturated rings. The van der Waals surface area contributed by atoms with Crippen LogP contribution in [0.2, 0.25) is 0 Å². The van der Waals surface area contributed by atoms with Gasteiger partial charge in [0.05, 0.1) is 11.4 Å². The summed E-state index contributed by atoms with van der Waals surface area (Å²) in [4.78, 5) is 0. The van der Waals surface area contributed by atoms with Gasteiger partial charge in [-0.05, 0) is 27.2 Å². The summed E-state index contributed by atoms with van der Waals surface area (Å²) < 4.78 is 1.99. The lowest BCUT2D eigenvalue weighted by Crippen LogP contribution is -2.01. The molecule has 0 aliphatic rings. The smallest absolute Gasteiger partial charge is 0.0825 e. The molecule has 1 aromatic rings. The highest BCUT2D eigenvalue weighted by Gasteiger charge is 2.05. The molecule has 1 aromatic heterocycles. The van der Waals surface area contributed by atoms with Crippen molar-refractivity contribution in [3.05, 3.63) is 11.9 Å². The summed E-state index contributed by atoms with van der Waals surface area (Å²) in [5.41, 5.74) is 2.25. The van der Waals surface area contributed by atoms with E-state index >= 15 is 0 Å². The van der Waals surface area contributed by atoms with Gasteiger partial charge >= 0.3 is 0 Å². The summed E-state index contributed by atoms with van der Waals surface area (Å²) in [7, 11) is 0. The minimum absolute atomic E-state index is 0.441. The third kappa shape index (κ3) is 2.47. The minimum Gasteiger partial charge on any atom is -0.382 e. The monoisotopic (exact) mass is 181 g/mol. The van der Waals surface area contributed by atoms with Crippen molar-refractivity contribution in [2.24, 2.45) is 0 Å². The van der Waals surface area contributed by atoms with E-state index < -0.39 is 0 Å². The fraction of sp³-hybridized carbons (Fsp3) is 0.700. The van der Waals surface area contributed by atoms with Crippen molar-refractivity contribution in [2.75, 3.05) is 11.9 Å². The van der Waals surface area contributed by atoms with Crippen LogP contribution in [-0.2, 0) is 0 Å². The van der Waals surface area contributed by atoms with Gasteiger partial charge in [-0.2, -0.15) is 5.10 Å². The molecule has 0 spiro atoms. The molecule has 74 valence electrons. The van der Waals surface area contributed by atoms with Crippen LogP contribution in [0.5, 0.6) is 0 Å². The van der Waals surface area contributed by atoms with Gasteiger partial charge in [-0.15, -0.1) is 0 Å². The molecule has 13 heavy (non-hydrogen) atoms. The highest BCUT2D eigenvalue weighted by Crippen LogP contribution is 2.15. The van der Waals surface area contributed by atoms with Crippen molar-refractivity contribution in [1.82, 2.24) is 9.78 Å². The standard InChI is InChI=1S/C10H19N3/c1-5-6-11-10-7-13(8(2)3)12-9(10)4/h7-8,11H,5-6H2,1-4H3. The molecule has 0 unspecified atom stereocenters. The van der Waals surface area contributed by atoms with Gasteiger partial charge in [0, 0.05) is 18.8 Å². The van der Waals surface area contributed by atoms with Crippen LogP contribution in [0.4, 0.5) is 5.69 Å². The molecule has 3 nitrogen and oxygen atoms in total. The Morgan fingerprint density at radius 2 is 2.23 bits per heavy atom. The van der Waals surface area contributed by atoms with Crippen LogP contribution >= 0.6 is 0 Å². The number of rotatable bonds is 4. The van der Waals surface area contributed by atoms with Crippen LogP contribution in [0.3, 0.4) is 0 Å². The molecule has 0 aromatic carbocycles. The van der Waals surface area contributed by atoms with Crippen molar-refractivity contribution >= 4 is 5.69 Å². The topological polar surface area (TPSA) is 29.9 Å². The largest absolute Gasteiger partial charge is 0.382 e. The molecule has 1 N–H and O–H groups in total. The summed E-state index contributed by atoms with van der Waals surface area (Å²) in [6.45, 7) is 9.49. The maximum absolute atomic E-state index is 4.42. The zero-order chi connectivity index (χ0) is 9.84. The van der Waals surface area contributed by atoms with Crippen molar-refractivity contribution in [3.8, 4) is 0 Å². The van der Waals surface area contributed by atoms with Crippen LogP contribution in [-0.4, -0.2) is 16.3 Å². The SMILES string of the molecule is CCCNc1cn(C(C)C)nc1C. The van der Waals surface area contributed by atoms with Gasteiger partial charge in [0.25, 0.3) is 0 Å². The van der Waals surface area contributed by atoms with E-state index in [2.05, 4.69) is 37.4 Å². The maximum Gasteiger partial charge on any atom is 0.0825 e. The predicted octanol–water partition coefficient (Wildman–Crippen LogP) is 2.59. The highest BCUT2D eigenvalue weighted by molar-refractivity contribution is 5.45. The number of aromatic nitrogens is 2. The van der Waals surface area contributed by atoms with E-state index in [0.29, 0.717) is 6.04 Å². The average molecular weight is 181 g/mol. The van der Waals surface area contributed by atoms with Crippen LogP contribution in [0, 0.1) is 6.92 Å². The van der Waals surface area contributed by atoms with Gasteiger partial charge in [-0.3, -0.25) is 4.68 Å². The van der Waals surface area contributed by atoms with Crippen LogP contribution in [0.25, 0.3) is 0 Å². The molecule has 0 saturated carbocycles. The first-order valence-electron chi connectivity index (χ1n) is 4.94. The summed E-state index contributed by atoms with van der Waals surface area (Å²) in [5.74, 6) is 0. The Kier molecular flexibility index (Phi) is 3.34. The Labute approximate surface area is 80.1 Å². The third-order valence-corrected chi connectivity index (χ3v) is 2.01. The lowest BCUT2D eigenvalue weighted by molar-refractivity contribution is 0.529. The summed E-state index contributed by atoms with van der Waals surface area (Å²) >= 11 is 0. The van der Waals surface area contributed by atoms with Crippen molar-refractivity contribution < 1.29 is 0 Å². The molecule has 0 aliphatic heterocycles. The van der Waals surface area contributed by atoms with Crippen LogP contribution in [0.15, 0.2) is 6.20 Å². The van der Waals surface area contributed by atoms with Crippen molar-refractivity contribution in [2.45, 2.75) is 40.2 Å². The molecule has 0 bridgehead atoms. The van der Waals surface area contributed by atoms with Gasteiger partial charge in [0.2, 0.25) is 0 Å². The zero-order valence-electron chi connectivity index (χ0n) is 8.96. The van der Waals surface area contributed by atoms with Gasteiger partial charge in [0.1, 0.15) is 0 Å². The average Bonchev–Trinajstić information content (AvgIpc) is 2.44. The number of nitrogens with zero attached hydrogens (tertiary/aromatic N) is 2. The van der Waals surface area contributed by atoms with Gasteiger partial charge < -0.3 is 5.32 Å². The van der Waals surface area contributed by atoms with Gasteiger partial charge in [-0.25, -0.2) is 0 Å². The Balaban J connectivity index is 2.71. The first-order chi connectivity index (χ1) is 6.15. The highest BCUT2D eigenvalue weighted by atomic mass is 15.3. The number of aryl methyl sites for hydroxylation is 1. The second kappa shape index (κ2) is 4.30. The molecular formula is C10H19N3. The van der Waals surface area contributed by atoms with E-state index in [0.717, 1.165) is 24.3 Å². The molecule has 0 atom stereocenters. The second-order valence-corrected chi connectivity index (χ2v) is 3.63. The summed E-state index contributed by atoms with van der Waals surface area (Å²) in [5, 5.41) is 7.77. The van der Waals surface area contributed by atoms with E-state index in [1.807, 2.05) is 11.6 Å². The maximum atomic E-state index is 4.42. The number of nitrogens with one attached hydrogen (secondary N) is 1. The molecule has 0 aliphatic carbocycles. The Bertz CT molecular complexity index is 263. The molecular weight excluding hydrogens is 162 g/mol. The van der Waals surface area contributed by atoms with E-state index in [-0.39, 0.29) is 0 Å². The molecule has 0 radical (unpaired) electrons. The first kappa shape index (κ1) is 10.1. The van der Waals surface area contributed by atoms with Crippen LogP contribution < -0.4 is 5.32 Å². The van der Waals surface area contributed by atoms with E-state index in [4.69, 9.17) is 0 Å². The quantitative estimate of drug-likeness (QED) is 0.773. The molecule has 0 saturated heterocycles. The van der Waals surface area contributed by atoms with Gasteiger partial charge in [0.15, 0.2) is 0 Å². The van der Waals surface area contributed by atoms with E-state index in [1.165, 1.54) is 0 Å². The minimum atomic E-state index is 0.441. The second-order valence-electron chi connectivity index (χ2n) is 3.63. The van der Waals surface area contributed by atoms with Crippen LogP contribution in [0.1, 0.15) is 38.9 Å². The summed E-state index contributed by atoms with van der Waals surface area (Å²) in [6, 6.07) is 0.441. The fourth-order valence-electron chi connectivity index (χ4n) is 1.18. The first-order valence-corrected chi connectivity index (χ1v) is 4.94. The molecule has 1 heterocycles. The number of anilines is 1. The molecule has 1 rings (SSSR count). The van der Waals surface area contributed by atoms with Crippen molar-refractivity contribution in [3.63, 3.8) is 0 Å². The Morgan fingerprint density at radius 3 is 2.69 bits per heavy atom. The zero-order valence-corrected chi connectivity index (χ0v) is 8.96. The predicted molar refractivity (Wildman–Crippen MR) is 56.1 cm³/mol.